The van der Waals surface area contributed by atoms with E-state index < -0.39 is 11.9 Å². The van der Waals surface area contributed by atoms with Crippen LogP contribution in [-0.2, 0) is 4.79 Å². The number of benzene rings is 2. The molecule has 110 valence electrons. The molecule has 0 aromatic heterocycles. The van der Waals surface area contributed by atoms with Gasteiger partial charge in [0.2, 0.25) is 0 Å². The zero-order chi connectivity index (χ0) is 15.4. The Morgan fingerprint density at radius 1 is 1.29 bits per heavy atom. The van der Waals surface area contributed by atoms with Crippen molar-refractivity contribution in [3.05, 3.63) is 58.3 Å². The Balaban J connectivity index is 2.02. The molecule has 21 heavy (non-hydrogen) atoms. The molecule has 0 fully saturated rings. The first-order chi connectivity index (χ1) is 9.95. The molecule has 0 radical (unpaired) electrons. The first-order valence-corrected chi connectivity index (χ1v) is 7.24. The summed E-state index contributed by atoms with van der Waals surface area (Å²) in [6.45, 7) is 3.61. The summed E-state index contributed by atoms with van der Waals surface area (Å²) in [6.07, 6.45) is -0.702. The topological polar surface area (TPSA) is 38.3 Å². The molecule has 0 spiro atoms. The minimum atomic E-state index is -0.702. The zero-order valence-electron chi connectivity index (χ0n) is 11.7. The second-order valence-electron chi connectivity index (χ2n) is 4.69. The fraction of sp³-hybridized carbons (Fsp3) is 0.188. The van der Waals surface area contributed by atoms with Crippen molar-refractivity contribution in [3.8, 4) is 5.75 Å². The molecular formula is C16H15BrFNO2. The second kappa shape index (κ2) is 6.72. The second-order valence-corrected chi connectivity index (χ2v) is 5.55. The molecular weight excluding hydrogens is 337 g/mol. The number of hydrogen-bond donors (Lipinski definition) is 1. The summed E-state index contributed by atoms with van der Waals surface area (Å²) in [6, 6.07) is 11.3. The third-order valence-corrected chi connectivity index (χ3v) is 3.47. The average molecular weight is 352 g/mol. The van der Waals surface area contributed by atoms with Gasteiger partial charge in [0, 0.05) is 5.69 Å². The van der Waals surface area contributed by atoms with Crippen LogP contribution in [0.2, 0.25) is 0 Å². The third-order valence-electron chi connectivity index (χ3n) is 2.85. The maximum Gasteiger partial charge on any atom is 0.265 e. The highest BCUT2D eigenvalue weighted by molar-refractivity contribution is 9.10. The fourth-order valence-electron chi connectivity index (χ4n) is 1.76. The molecule has 1 N–H and O–H groups in total. The predicted molar refractivity (Wildman–Crippen MR) is 84.0 cm³/mol. The van der Waals surface area contributed by atoms with Gasteiger partial charge < -0.3 is 10.1 Å². The quantitative estimate of drug-likeness (QED) is 0.891. The molecule has 0 aliphatic carbocycles. The van der Waals surface area contributed by atoms with Crippen molar-refractivity contribution in [3.63, 3.8) is 0 Å². The number of aryl methyl sites for hydroxylation is 1. The highest BCUT2D eigenvalue weighted by Crippen LogP contribution is 2.26. The van der Waals surface area contributed by atoms with E-state index >= 15 is 0 Å². The van der Waals surface area contributed by atoms with E-state index in [4.69, 9.17) is 4.74 Å². The molecule has 0 heterocycles. The molecule has 1 amide bonds. The number of halogens is 2. The van der Waals surface area contributed by atoms with Gasteiger partial charge in [-0.15, -0.1) is 0 Å². The molecule has 3 nitrogen and oxygen atoms in total. The van der Waals surface area contributed by atoms with Crippen LogP contribution >= 0.6 is 15.9 Å². The van der Waals surface area contributed by atoms with Crippen LogP contribution in [0.4, 0.5) is 10.1 Å². The van der Waals surface area contributed by atoms with Gasteiger partial charge in [0.15, 0.2) is 6.10 Å². The van der Waals surface area contributed by atoms with Crippen LogP contribution in [0.3, 0.4) is 0 Å². The number of ether oxygens (including phenoxy) is 1. The van der Waals surface area contributed by atoms with Crippen LogP contribution in [0.5, 0.6) is 5.75 Å². The lowest BCUT2D eigenvalue weighted by atomic mass is 10.2. The smallest absolute Gasteiger partial charge is 0.265 e. The highest BCUT2D eigenvalue weighted by Gasteiger charge is 2.16. The number of rotatable bonds is 4. The highest BCUT2D eigenvalue weighted by atomic mass is 79.9. The minimum Gasteiger partial charge on any atom is -0.480 e. The number of carbonyl (C=O) groups excluding carboxylic acids is 1. The first kappa shape index (κ1) is 15.5. The van der Waals surface area contributed by atoms with Crippen LogP contribution in [-0.4, -0.2) is 12.0 Å². The minimum absolute atomic E-state index is 0.340. The molecule has 2 rings (SSSR count). The molecule has 0 aliphatic rings. The molecule has 0 saturated carbocycles. The van der Waals surface area contributed by atoms with Gasteiger partial charge in [-0.05, 0) is 65.7 Å². The van der Waals surface area contributed by atoms with Gasteiger partial charge in [-0.25, -0.2) is 4.39 Å². The van der Waals surface area contributed by atoms with Crippen molar-refractivity contribution < 1.29 is 13.9 Å². The average Bonchev–Trinajstić information content (AvgIpc) is 2.41. The zero-order valence-corrected chi connectivity index (χ0v) is 13.3. The van der Waals surface area contributed by atoms with Crippen LogP contribution < -0.4 is 10.1 Å². The third kappa shape index (κ3) is 4.29. The maximum atomic E-state index is 13.1. The Kier molecular flexibility index (Phi) is 4.96. The van der Waals surface area contributed by atoms with E-state index in [2.05, 4.69) is 21.2 Å². The van der Waals surface area contributed by atoms with E-state index in [0.29, 0.717) is 11.4 Å². The summed E-state index contributed by atoms with van der Waals surface area (Å²) in [4.78, 5) is 12.0. The number of nitrogens with one attached hydrogen (secondary N) is 1. The van der Waals surface area contributed by atoms with Crippen molar-refractivity contribution in [1.82, 2.24) is 0 Å². The molecule has 0 saturated heterocycles. The van der Waals surface area contributed by atoms with Gasteiger partial charge in [-0.1, -0.05) is 12.1 Å². The molecule has 0 bridgehead atoms. The number of anilines is 1. The Morgan fingerprint density at radius 3 is 2.71 bits per heavy atom. The Bertz CT molecular complexity index is 660. The molecule has 5 heteroatoms. The lowest BCUT2D eigenvalue weighted by molar-refractivity contribution is -0.122. The summed E-state index contributed by atoms with van der Waals surface area (Å²) in [5.74, 6) is -0.154. The molecule has 0 aliphatic heterocycles. The molecule has 2 aromatic carbocycles. The van der Waals surface area contributed by atoms with Crippen molar-refractivity contribution in [2.45, 2.75) is 20.0 Å². The van der Waals surface area contributed by atoms with Crippen LogP contribution in [0.15, 0.2) is 46.9 Å². The van der Waals surface area contributed by atoms with E-state index in [1.807, 2.05) is 19.1 Å². The monoisotopic (exact) mass is 351 g/mol. The summed E-state index contributed by atoms with van der Waals surface area (Å²) < 4.78 is 19.5. The lowest BCUT2D eigenvalue weighted by Crippen LogP contribution is -2.30. The number of amides is 1. The van der Waals surface area contributed by atoms with Gasteiger partial charge in [-0.2, -0.15) is 0 Å². The summed E-state index contributed by atoms with van der Waals surface area (Å²) >= 11 is 3.39. The largest absolute Gasteiger partial charge is 0.480 e. The normalized spacial score (nSPS) is 11.8. The molecule has 0 unspecified atom stereocenters. The predicted octanol–water partition coefficient (Wildman–Crippen LogP) is 4.30. The fourth-order valence-corrected chi connectivity index (χ4v) is 2.34. The Morgan fingerprint density at radius 2 is 2.05 bits per heavy atom. The lowest BCUT2D eigenvalue weighted by Gasteiger charge is -2.16. The first-order valence-electron chi connectivity index (χ1n) is 6.45. The molecule has 2 aromatic rings. The van der Waals surface area contributed by atoms with Crippen molar-refractivity contribution in [1.29, 1.82) is 0 Å². The van der Waals surface area contributed by atoms with Gasteiger partial charge in [0.1, 0.15) is 11.6 Å². The number of carbonyl (C=O) groups is 1. The van der Waals surface area contributed by atoms with Gasteiger partial charge in [0.25, 0.3) is 5.91 Å². The van der Waals surface area contributed by atoms with Crippen molar-refractivity contribution in [2.75, 3.05) is 5.32 Å². The maximum absolute atomic E-state index is 13.1. The Labute approximate surface area is 131 Å². The van der Waals surface area contributed by atoms with Crippen LogP contribution in [0.25, 0.3) is 0 Å². The van der Waals surface area contributed by atoms with E-state index in [-0.39, 0.29) is 5.91 Å². The van der Waals surface area contributed by atoms with Gasteiger partial charge in [-0.3, -0.25) is 4.79 Å². The van der Waals surface area contributed by atoms with E-state index in [1.165, 1.54) is 18.2 Å². The summed E-state index contributed by atoms with van der Waals surface area (Å²) in [5, 5.41) is 2.61. The van der Waals surface area contributed by atoms with E-state index in [1.54, 1.807) is 19.1 Å². The van der Waals surface area contributed by atoms with E-state index in [0.717, 1.165) is 10.0 Å². The van der Waals surface area contributed by atoms with Gasteiger partial charge >= 0.3 is 0 Å². The van der Waals surface area contributed by atoms with Crippen LogP contribution in [0.1, 0.15) is 12.5 Å². The number of hydrogen-bond acceptors (Lipinski definition) is 2. The van der Waals surface area contributed by atoms with Gasteiger partial charge in [0.05, 0.1) is 4.47 Å². The SMILES string of the molecule is Cc1ccc(O[C@@H](C)C(=O)Nc2cccc(F)c2)c(Br)c1. The van der Waals surface area contributed by atoms with Crippen LogP contribution in [0, 0.1) is 12.7 Å². The molecule has 1 atom stereocenters. The van der Waals surface area contributed by atoms with Crippen molar-refractivity contribution in [2.24, 2.45) is 0 Å². The van der Waals surface area contributed by atoms with Crippen molar-refractivity contribution >= 4 is 27.5 Å². The summed E-state index contributed by atoms with van der Waals surface area (Å²) in [7, 11) is 0. The summed E-state index contributed by atoms with van der Waals surface area (Å²) in [5.41, 5.74) is 1.49. The standard InChI is InChI=1S/C16H15BrFNO2/c1-10-6-7-15(14(17)8-10)21-11(2)16(20)19-13-5-3-4-12(18)9-13/h3-9,11H,1-2H3,(H,19,20)/t11-/m0/s1. The Hall–Kier alpha value is -1.88. The van der Waals surface area contributed by atoms with E-state index in [9.17, 15) is 9.18 Å².